The van der Waals surface area contributed by atoms with Crippen LogP contribution >= 0.6 is 0 Å². The van der Waals surface area contributed by atoms with Crippen molar-refractivity contribution in [2.75, 3.05) is 18.5 Å². The third kappa shape index (κ3) is 7.80. The van der Waals surface area contributed by atoms with Gasteiger partial charge < -0.3 is 25.4 Å². The molecular weight excluding hydrogens is 591 g/mol. The van der Waals surface area contributed by atoms with Crippen LogP contribution in [0.3, 0.4) is 0 Å². The van der Waals surface area contributed by atoms with Gasteiger partial charge in [-0.05, 0) is 74.1 Å². The zero-order valence-corrected chi connectivity index (χ0v) is 25.4. The first kappa shape index (κ1) is 32.4. The lowest BCUT2D eigenvalue weighted by molar-refractivity contribution is -0.108. The van der Waals surface area contributed by atoms with E-state index in [9.17, 15) is 13.6 Å². The van der Waals surface area contributed by atoms with E-state index >= 15 is 4.39 Å². The van der Waals surface area contributed by atoms with Gasteiger partial charge in [-0.3, -0.25) is 4.79 Å². The predicted octanol–water partition coefficient (Wildman–Crippen LogP) is 7.94. The number of allylic oxidation sites excluding steroid dienone is 3. The first-order valence-electron chi connectivity index (χ1n) is 15.2. The maximum absolute atomic E-state index is 15.3. The fourth-order valence-electron chi connectivity index (χ4n) is 5.62. The van der Waals surface area contributed by atoms with Crippen LogP contribution in [0.5, 0.6) is 5.75 Å². The maximum atomic E-state index is 15.3. The second-order valence-corrected chi connectivity index (χ2v) is 11.0. The number of carbonyl (C=O) groups is 1. The summed E-state index contributed by atoms with van der Waals surface area (Å²) >= 11 is 0. The Morgan fingerprint density at radius 3 is 2.54 bits per heavy atom. The Labute approximate surface area is 267 Å². The van der Waals surface area contributed by atoms with Crippen LogP contribution in [0.4, 0.5) is 18.9 Å². The maximum Gasteiger partial charge on any atom is 0.212 e. The normalized spacial score (nSPS) is 14.8. The topological polar surface area (TPSA) is 71.6 Å². The van der Waals surface area contributed by atoms with Crippen molar-refractivity contribution in [2.24, 2.45) is 0 Å². The number of carbonyl (C=O) groups excluding carboxylic acids is 1. The van der Waals surface area contributed by atoms with E-state index in [1.54, 1.807) is 6.07 Å². The van der Waals surface area contributed by atoms with E-state index in [0.717, 1.165) is 43.4 Å². The number of hydrogen-bond acceptors (Lipinski definition) is 5. The lowest BCUT2D eigenvalue weighted by Gasteiger charge is -2.24. The van der Waals surface area contributed by atoms with Gasteiger partial charge in [0.05, 0.1) is 24.4 Å². The first-order valence-corrected chi connectivity index (χ1v) is 15.2. The Morgan fingerprint density at radius 1 is 1.04 bits per heavy atom. The number of rotatable bonds is 14. The highest BCUT2D eigenvalue weighted by atomic mass is 19.1. The summed E-state index contributed by atoms with van der Waals surface area (Å²) in [5.74, 6) is -1.01. The van der Waals surface area contributed by atoms with Crippen LogP contribution in [-0.2, 0) is 9.53 Å². The summed E-state index contributed by atoms with van der Waals surface area (Å²) in [4.78, 5) is 11.5. The molecule has 1 heterocycles. The number of ether oxygens (including phenoxy) is 2. The lowest BCUT2D eigenvalue weighted by Crippen LogP contribution is -2.27. The molecule has 1 saturated carbocycles. The van der Waals surface area contributed by atoms with Crippen molar-refractivity contribution >= 4 is 23.7 Å². The standard InChI is InChI=1S/C37H36F3N3O3/c1-3-35(46-27-12-7-8-13-27)36(25-10-5-4-6-11-25)41-18-9-19-45-28-21-33(40)31-17-16-30(37(42-23-44)43-34(31)22-28)24(2)29-15-14-26(38)20-32(29)39/h4-6,10-11,14-17,20-23,27,36,41,43H,1-2,7-9,12-13,18-19H2,(H,42,44). The minimum atomic E-state index is -0.817. The number of benzene rings is 3. The average Bonchev–Trinajstić information content (AvgIpc) is 3.49. The summed E-state index contributed by atoms with van der Waals surface area (Å²) < 4.78 is 55.6. The van der Waals surface area contributed by atoms with Crippen molar-refractivity contribution < 1.29 is 27.4 Å². The van der Waals surface area contributed by atoms with Gasteiger partial charge in [0.25, 0.3) is 0 Å². The Balaban J connectivity index is 1.25. The third-order valence-electron chi connectivity index (χ3n) is 7.94. The number of hydrogen-bond donors (Lipinski definition) is 3. The summed E-state index contributed by atoms with van der Waals surface area (Å²) in [5, 5.41) is 9.08. The molecule has 0 saturated heterocycles. The van der Waals surface area contributed by atoms with Crippen LogP contribution in [0.1, 0.15) is 54.8 Å². The van der Waals surface area contributed by atoms with E-state index in [4.69, 9.17) is 9.47 Å². The van der Waals surface area contributed by atoms with Gasteiger partial charge in [-0.2, -0.15) is 0 Å². The number of nitrogens with one attached hydrogen (secondary N) is 3. The van der Waals surface area contributed by atoms with E-state index in [1.165, 1.54) is 24.3 Å². The van der Waals surface area contributed by atoms with E-state index in [0.29, 0.717) is 43.0 Å². The van der Waals surface area contributed by atoms with Crippen molar-refractivity contribution in [3.05, 3.63) is 137 Å². The Morgan fingerprint density at radius 2 is 1.83 bits per heavy atom. The van der Waals surface area contributed by atoms with Gasteiger partial charge in [-0.15, -0.1) is 0 Å². The molecule has 3 N–H and O–H groups in total. The van der Waals surface area contributed by atoms with Crippen LogP contribution < -0.4 is 20.7 Å². The quantitative estimate of drug-likeness (QED) is 0.0733. The molecule has 2 aliphatic rings. The highest BCUT2D eigenvalue weighted by molar-refractivity contribution is 5.87. The number of halogens is 3. The predicted molar refractivity (Wildman–Crippen MR) is 174 cm³/mol. The van der Waals surface area contributed by atoms with Gasteiger partial charge in [0.15, 0.2) is 5.76 Å². The van der Waals surface area contributed by atoms with Crippen LogP contribution in [0.25, 0.3) is 11.6 Å². The van der Waals surface area contributed by atoms with Gasteiger partial charge >= 0.3 is 0 Å². The molecule has 3 aromatic rings. The zero-order valence-electron chi connectivity index (χ0n) is 25.4. The van der Waals surface area contributed by atoms with Crippen molar-refractivity contribution in [2.45, 2.75) is 44.2 Å². The summed E-state index contributed by atoms with van der Waals surface area (Å²) in [5.41, 5.74) is 5.06. The average molecular weight is 628 g/mol. The molecule has 0 spiro atoms. The van der Waals surface area contributed by atoms with E-state index in [2.05, 4.69) is 34.8 Å². The molecule has 1 unspecified atom stereocenters. The van der Waals surface area contributed by atoms with E-state index < -0.39 is 17.5 Å². The van der Waals surface area contributed by atoms with Gasteiger partial charge in [-0.25, -0.2) is 13.2 Å². The molecule has 1 atom stereocenters. The highest BCUT2D eigenvalue weighted by Crippen LogP contribution is 2.35. The molecular formula is C37H36F3N3O3. The molecule has 0 bridgehead atoms. The molecule has 5 rings (SSSR count). The lowest BCUT2D eigenvalue weighted by atomic mass is 9.98. The minimum absolute atomic E-state index is 0.0346. The second kappa shape index (κ2) is 15.3. The van der Waals surface area contributed by atoms with Gasteiger partial charge in [0, 0.05) is 34.9 Å². The molecule has 0 radical (unpaired) electrons. The van der Waals surface area contributed by atoms with Crippen LogP contribution in [0, 0.1) is 17.5 Å². The second-order valence-electron chi connectivity index (χ2n) is 11.0. The summed E-state index contributed by atoms with van der Waals surface area (Å²) in [6.07, 6.45) is 8.57. The van der Waals surface area contributed by atoms with Gasteiger partial charge in [-0.1, -0.05) is 49.2 Å². The van der Waals surface area contributed by atoms with Crippen molar-refractivity contribution in [3.63, 3.8) is 0 Å². The highest BCUT2D eigenvalue weighted by Gasteiger charge is 2.24. The molecule has 1 aliphatic carbocycles. The number of anilines is 1. The SMILES string of the molecule is C=C=C(OC1CCCC1)C(NCCCOc1cc(F)c2c(c1)NC(NC=O)=C(C(=C)c1ccc(F)cc1F)C=C2)c1ccccc1. The van der Waals surface area contributed by atoms with Crippen molar-refractivity contribution in [1.29, 1.82) is 0 Å². The smallest absolute Gasteiger partial charge is 0.212 e. The molecule has 1 fully saturated rings. The van der Waals surface area contributed by atoms with Crippen LogP contribution in [-0.4, -0.2) is 25.7 Å². The monoisotopic (exact) mass is 627 g/mol. The Hall–Kier alpha value is -4.98. The van der Waals surface area contributed by atoms with Crippen LogP contribution in [0.2, 0.25) is 0 Å². The van der Waals surface area contributed by atoms with Gasteiger partial charge in [0.2, 0.25) is 6.41 Å². The van der Waals surface area contributed by atoms with E-state index in [1.807, 2.05) is 30.3 Å². The molecule has 238 valence electrons. The summed E-state index contributed by atoms with van der Waals surface area (Å²) in [6.45, 7) is 8.69. The van der Waals surface area contributed by atoms with Crippen LogP contribution in [0.15, 0.2) is 103 Å². The number of fused-ring (bicyclic) bond motifs is 1. The molecule has 46 heavy (non-hydrogen) atoms. The summed E-state index contributed by atoms with van der Waals surface area (Å²) in [7, 11) is 0. The Bertz CT molecular complexity index is 1690. The third-order valence-corrected chi connectivity index (χ3v) is 7.94. The Kier molecular flexibility index (Phi) is 10.8. The number of amides is 1. The minimum Gasteiger partial charge on any atom is -0.493 e. The van der Waals surface area contributed by atoms with Crippen molar-refractivity contribution in [3.8, 4) is 5.75 Å². The van der Waals surface area contributed by atoms with E-state index in [-0.39, 0.29) is 40.4 Å². The molecule has 1 aliphatic heterocycles. The summed E-state index contributed by atoms with van der Waals surface area (Å²) in [6, 6.07) is 15.8. The largest absolute Gasteiger partial charge is 0.493 e. The fourth-order valence-corrected chi connectivity index (χ4v) is 5.62. The molecule has 0 aromatic heterocycles. The zero-order chi connectivity index (χ0) is 32.5. The first-order chi connectivity index (χ1) is 22.4. The molecule has 3 aromatic carbocycles. The molecule has 9 heteroatoms. The molecule has 6 nitrogen and oxygen atoms in total. The molecule has 1 amide bonds. The van der Waals surface area contributed by atoms with Gasteiger partial charge in [0.1, 0.15) is 29.0 Å². The van der Waals surface area contributed by atoms with Crippen molar-refractivity contribution in [1.82, 2.24) is 10.6 Å². The fraction of sp³-hybridized carbons (Fsp3) is 0.243.